The second kappa shape index (κ2) is 7.33. The number of halogens is 2. The van der Waals surface area contributed by atoms with Crippen LogP contribution in [-0.4, -0.2) is 13.2 Å². The lowest BCUT2D eigenvalue weighted by atomic mass is 10.2. The number of nitrogens with one attached hydrogen (secondary N) is 2. The third-order valence-corrected chi connectivity index (χ3v) is 3.79. The summed E-state index contributed by atoms with van der Waals surface area (Å²) in [7, 11) is 1.33. The van der Waals surface area contributed by atoms with E-state index < -0.39 is 6.09 Å². The predicted molar refractivity (Wildman–Crippen MR) is 88.9 cm³/mol. The fraction of sp³-hybridized carbons (Fsp3) is 0.133. The summed E-state index contributed by atoms with van der Waals surface area (Å²) in [6, 6.07) is 13.1. The largest absolute Gasteiger partial charge is 0.453 e. The molecule has 110 valence electrons. The average Bonchev–Trinajstić information content (AvgIpc) is 2.48. The van der Waals surface area contributed by atoms with Gasteiger partial charge < -0.3 is 10.1 Å². The molecular weight excluding hydrogens is 356 g/mol. The van der Waals surface area contributed by atoms with E-state index in [1.807, 2.05) is 30.3 Å². The van der Waals surface area contributed by atoms with Crippen molar-refractivity contribution in [2.24, 2.45) is 0 Å². The minimum absolute atomic E-state index is 0.485. The Morgan fingerprint density at radius 1 is 1.19 bits per heavy atom. The van der Waals surface area contributed by atoms with Gasteiger partial charge in [0.15, 0.2) is 0 Å². The van der Waals surface area contributed by atoms with E-state index in [2.05, 4.69) is 31.3 Å². The molecule has 0 aliphatic carbocycles. The molecule has 1 amide bonds. The van der Waals surface area contributed by atoms with Crippen LogP contribution in [0.4, 0.5) is 16.2 Å². The molecule has 4 nitrogen and oxygen atoms in total. The van der Waals surface area contributed by atoms with Crippen LogP contribution >= 0.6 is 27.5 Å². The van der Waals surface area contributed by atoms with Gasteiger partial charge in [-0.2, -0.15) is 0 Å². The van der Waals surface area contributed by atoms with Crippen molar-refractivity contribution in [3.63, 3.8) is 0 Å². The van der Waals surface area contributed by atoms with Crippen LogP contribution < -0.4 is 10.6 Å². The van der Waals surface area contributed by atoms with Crippen LogP contribution in [0.5, 0.6) is 0 Å². The highest BCUT2D eigenvalue weighted by Crippen LogP contribution is 2.23. The van der Waals surface area contributed by atoms with Gasteiger partial charge in [0.05, 0.1) is 7.11 Å². The number of anilines is 2. The number of amides is 1. The maximum atomic E-state index is 11.1. The van der Waals surface area contributed by atoms with Crippen molar-refractivity contribution in [2.75, 3.05) is 17.7 Å². The maximum absolute atomic E-state index is 11.1. The molecule has 0 spiro atoms. The monoisotopic (exact) mass is 368 g/mol. The number of carbonyl (C=O) groups is 1. The molecule has 2 N–H and O–H groups in total. The van der Waals surface area contributed by atoms with Gasteiger partial charge in [-0.1, -0.05) is 33.6 Å². The van der Waals surface area contributed by atoms with Crippen LogP contribution in [0.1, 0.15) is 5.56 Å². The number of rotatable bonds is 4. The smallest absolute Gasteiger partial charge is 0.411 e. The third-order valence-electron chi connectivity index (χ3n) is 2.81. The maximum Gasteiger partial charge on any atom is 0.411 e. The van der Waals surface area contributed by atoms with Crippen molar-refractivity contribution >= 4 is 45.0 Å². The summed E-state index contributed by atoms with van der Waals surface area (Å²) in [5, 5.41) is 6.59. The molecule has 2 rings (SSSR count). The van der Waals surface area contributed by atoms with E-state index in [1.54, 1.807) is 12.1 Å². The van der Waals surface area contributed by atoms with Gasteiger partial charge in [0, 0.05) is 27.4 Å². The summed E-state index contributed by atoms with van der Waals surface area (Å²) in [6.45, 7) is 0.668. The van der Waals surface area contributed by atoms with Crippen LogP contribution in [0.15, 0.2) is 46.9 Å². The highest BCUT2D eigenvalue weighted by Gasteiger charge is 2.02. The van der Waals surface area contributed by atoms with Crippen LogP contribution in [0, 0.1) is 0 Å². The molecule has 21 heavy (non-hydrogen) atoms. The van der Waals surface area contributed by atoms with Crippen molar-refractivity contribution in [1.82, 2.24) is 0 Å². The first-order valence-corrected chi connectivity index (χ1v) is 7.38. The first kappa shape index (κ1) is 15.7. The number of hydrogen-bond acceptors (Lipinski definition) is 3. The molecule has 0 saturated carbocycles. The molecule has 0 atom stereocenters. The zero-order valence-electron chi connectivity index (χ0n) is 11.3. The summed E-state index contributed by atoms with van der Waals surface area (Å²) in [5.74, 6) is 0. The minimum atomic E-state index is -0.485. The van der Waals surface area contributed by atoms with E-state index in [1.165, 1.54) is 7.11 Å². The minimum Gasteiger partial charge on any atom is -0.453 e. The van der Waals surface area contributed by atoms with Gasteiger partial charge in [-0.05, 0) is 42.0 Å². The summed E-state index contributed by atoms with van der Waals surface area (Å²) in [5.41, 5.74) is 2.74. The fourth-order valence-electron chi connectivity index (χ4n) is 1.70. The number of benzene rings is 2. The third kappa shape index (κ3) is 4.65. The van der Waals surface area contributed by atoms with E-state index in [9.17, 15) is 4.79 Å². The molecule has 0 aliphatic heterocycles. The molecular formula is C15H14BrClN2O2. The molecule has 0 aromatic heterocycles. The number of hydrogen-bond donors (Lipinski definition) is 2. The Kier molecular flexibility index (Phi) is 5.47. The Bertz CT molecular complexity index is 632. The normalized spacial score (nSPS) is 10.0. The second-order valence-corrected chi connectivity index (χ2v) is 5.57. The Hall–Kier alpha value is -1.72. The number of methoxy groups -OCH3 is 1. The van der Waals surface area contributed by atoms with E-state index in [4.69, 9.17) is 11.6 Å². The first-order valence-electron chi connectivity index (χ1n) is 6.21. The fourth-order valence-corrected chi connectivity index (χ4v) is 2.53. The molecule has 6 heteroatoms. The Labute approximate surface area is 136 Å². The van der Waals surface area contributed by atoms with Crippen LogP contribution in [0.2, 0.25) is 5.02 Å². The van der Waals surface area contributed by atoms with E-state index in [0.717, 1.165) is 15.7 Å². The molecule has 2 aromatic carbocycles. The van der Waals surface area contributed by atoms with Crippen molar-refractivity contribution < 1.29 is 9.53 Å². The van der Waals surface area contributed by atoms with E-state index in [0.29, 0.717) is 17.3 Å². The quantitative estimate of drug-likeness (QED) is 0.806. The Morgan fingerprint density at radius 3 is 2.48 bits per heavy atom. The zero-order valence-corrected chi connectivity index (χ0v) is 13.7. The van der Waals surface area contributed by atoms with Crippen LogP contribution in [0.3, 0.4) is 0 Å². The van der Waals surface area contributed by atoms with Crippen molar-refractivity contribution in [3.05, 3.63) is 57.5 Å². The standard InChI is InChI=1S/C15H14BrClN2O2/c1-21-15(20)19-13-6-4-12(5-7-13)18-9-10-2-3-11(17)8-14(10)16/h2-8,18H,9H2,1H3,(H,19,20). The predicted octanol–water partition coefficient (Wildman–Crippen LogP) is 4.89. The molecule has 2 aromatic rings. The zero-order chi connectivity index (χ0) is 15.2. The average molecular weight is 370 g/mol. The highest BCUT2D eigenvalue weighted by molar-refractivity contribution is 9.10. The van der Waals surface area contributed by atoms with E-state index in [-0.39, 0.29) is 0 Å². The van der Waals surface area contributed by atoms with Gasteiger partial charge in [0.25, 0.3) is 0 Å². The number of ether oxygens (including phenoxy) is 1. The summed E-state index contributed by atoms with van der Waals surface area (Å²) in [6.07, 6.45) is -0.485. The van der Waals surface area contributed by atoms with Gasteiger partial charge in [0.1, 0.15) is 0 Å². The van der Waals surface area contributed by atoms with Crippen molar-refractivity contribution in [3.8, 4) is 0 Å². The topological polar surface area (TPSA) is 50.4 Å². The van der Waals surface area contributed by atoms with Gasteiger partial charge in [0.2, 0.25) is 0 Å². The van der Waals surface area contributed by atoms with Crippen molar-refractivity contribution in [1.29, 1.82) is 0 Å². The van der Waals surface area contributed by atoms with Gasteiger partial charge in [-0.15, -0.1) is 0 Å². The first-order chi connectivity index (χ1) is 10.1. The van der Waals surface area contributed by atoms with Crippen molar-refractivity contribution in [2.45, 2.75) is 6.54 Å². The lowest BCUT2D eigenvalue weighted by Gasteiger charge is -2.10. The van der Waals surface area contributed by atoms with E-state index >= 15 is 0 Å². The number of carbonyl (C=O) groups excluding carboxylic acids is 1. The van der Waals surface area contributed by atoms with Gasteiger partial charge in [-0.3, -0.25) is 5.32 Å². The Morgan fingerprint density at radius 2 is 1.86 bits per heavy atom. The molecule has 0 unspecified atom stereocenters. The lowest BCUT2D eigenvalue weighted by Crippen LogP contribution is -2.10. The van der Waals surface area contributed by atoms with Gasteiger partial charge in [-0.25, -0.2) is 4.79 Å². The highest BCUT2D eigenvalue weighted by atomic mass is 79.9. The summed E-state index contributed by atoms with van der Waals surface area (Å²) < 4.78 is 5.50. The summed E-state index contributed by atoms with van der Waals surface area (Å²) >= 11 is 9.39. The van der Waals surface area contributed by atoms with Crippen LogP contribution in [-0.2, 0) is 11.3 Å². The molecule has 0 bridgehead atoms. The molecule has 0 fully saturated rings. The molecule has 0 saturated heterocycles. The Balaban J connectivity index is 1.96. The molecule has 0 aliphatic rings. The van der Waals surface area contributed by atoms with Gasteiger partial charge >= 0.3 is 6.09 Å². The summed E-state index contributed by atoms with van der Waals surface area (Å²) in [4.78, 5) is 11.1. The molecule has 0 heterocycles. The van der Waals surface area contributed by atoms with Crippen LogP contribution in [0.25, 0.3) is 0 Å². The lowest BCUT2D eigenvalue weighted by molar-refractivity contribution is 0.187. The SMILES string of the molecule is COC(=O)Nc1ccc(NCc2ccc(Cl)cc2Br)cc1. The second-order valence-electron chi connectivity index (χ2n) is 4.28. The molecule has 0 radical (unpaired) electrons.